The molecular formula is C57H89N19O17S. The number of hydrogen-bond donors (Lipinski definition) is 22. The first kappa shape index (κ1) is 80.1. The zero-order valence-corrected chi connectivity index (χ0v) is 53.4. The van der Waals surface area contributed by atoms with Crippen LogP contribution in [0.3, 0.4) is 0 Å². The molecule has 36 nitrogen and oxygen atoms in total. The number of carbonyl (C=O) groups excluding carboxylic acids is 12. The molecule has 2 aromatic rings. The molecule has 520 valence electrons. The zero-order valence-electron chi connectivity index (χ0n) is 52.5. The van der Waals surface area contributed by atoms with E-state index in [9.17, 15) is 82.8 Å². The standard InChI is InChI=1S/C57H89N19O17S/c1-28(2)21-35(58)49(87)74-39(22-31-9-13-33(78)14-10-31)53(91)72-36(7-5-19-64-56(60)61)50(88)68-29(3)47(85)67-24-43(80)66-25-44(81)70-42(27-94)55(93)73-37(8-6-20-65-57(62)63)51(89)69-30(4)48(86)71-38(17-18-45(82)83)52(90)75-40(23-32-11-15-34(79)16-12-32)54(92)76-41(26-77)46(59)84/h9-16,28-30,35-42,77-79,94H,5-8,17-27,58H2,1-4H3,(H2,59,84)(H,66,80)(H,67,85)(H,68,88)(H,69,89)(H,70,81)(H,71,86)(H,72,91)(H,73,93)(H,74,87)(H,75,90)(H,76,92)(H,82,83)(H4,60,61,64)(H4,62,63,65)/t29-,30-,35-,36-,37-,38-,39-,40-,41-,42-/m0/s1. The lowest BCUT2D eigenvalue weighted by molar-refractivity contribution is -0.138. The first-order chi connectivity index (χ1) is 44.2. The number of aliphatic carboxylic acids is 1. The van der Waals surface area contributed by atoms with Crippen LogP contribution in [0.2, 0.25) is 0 Å². The molecule has 0 saturated carbocycles. The lowest BCUT2D eigenvalue weighted by atomic mass is 10.0. The van der Waals surface area contributed by atoms with Gasteiger partial charge in [-0.05, 0) is 93.7 Å². The van der Waals surface area contributed by atoms with E-state index in [1.807, 2.05) is 13.8 Å². The molecule has 94 heavy (non-hydrogen) atoms. The molecular weight excluding hydrogens is 1250 g/mol. The summed E-state index contributed by atoms with van der Waals surface area (Å²) in [5.74, 6) is -13.7. The molecule has 0 unspecified atom stereocenters. The van der Waals surface area contributed by atoms with Gasteiger partial charge in [-0.3, -0.25) is 72.3 Å². The molecule has 12 amide bonds. The Bertz CT molecular complexity index is 2990. The molecule has 0 aliphatic rings. The molecule has 0 heterocycles. The second-order valence-electron chi connectivity index (χ2n) is 22.0. The topological polar surface area (TPSA) is 616 Å². The number of aliphatic hydroxyl groups excluding tert-OH is 1. The number of benzene rings is 2. The number of carbonyl (C=O) groups is 13. The molecule has 10 atom stereocenters. The van der Waals surface area contributed by atoms with Crippen molar-refractivity contribution in [1.29, 1.82) is 0 Å². The highest BCUT2D eigenvalue weighted by Gasteiger charge is 2.34. The predicted molar refractivity (Wildman–Crippen MR) is 343 cm³/mol. The molecule has 2 aromatic carbocycles. The van der Waals surface area contributed by atoms with Gasteiger partial charge in [0.15, 0.2) is 11.9 Å². The quantitative estimate of drug-likeness (QED) is 0.0127. The number of primary amides is 1. The number of aliphatic imine (C=N–C) groups is 2. The minimum Gasteiger partial charge on any atom is -0.508 e. The number of nitrogens with zero attached hydrogens (tertiary/aromatic N) is 2. The van der Waals surface area contributed by atoms with E-state index < -0.39 is 170 Å². The van der Waals surface area contributed by atoms with E-state index in [2.05, 4.69) is 81.1 Å². The van der Waals surface area contributed by atoms with Crippen LogP contribution in [0, 0.1) is 5.92 Å². The molecule has 0 radical (unpaired) electrons. The van der Waals surface area contributed by atoms with Crippen molar-refractivity contribution in [3.8, 4) is 11.5 Å². The van der Waals surface area contributed by atoms with E-state index in [0.29, 0.717) is 17.5 Å². The fourth-order valence-electron chi connectivity index (χ4n) is 8.48. The smallest absolute Gasteiger partial charge is 0.303 e. The first-order valence-electron chi connectivity index (χ1n) is 29.6. The van der Waals surface area contributed by atoms with Crippen molar-refractivity contribution in [3.63, 3.8) is 0 Å². The van der Waals surface area contributed by atoms with Gasteiger partial charge in [0.2, 0.25) is 70.9 Å². The van der Waals surface area contributed by atoms with Gasteiger partial charge in [0.1, 0.15) is 65.9 Å². The second kappa shape index (κ2) is 41.4. The largest absolute Gasteiger partial charge is 0.508 e. The minimum atomic E-state index is -1.68. The highest BCUT2D eigenvalue weighted by Crippen LogP contribution is 2.15. The summed E-state index contributed by atoms with van der Waals surface area (Å²) >= 11 is 4.15. The number of thiol groups is 1. The van der Waals surface area contributed by atoms with Gasteiger partial charge in [0.25, 0.3) is 0 Å². The molecule has 0 aliphatic carbocycles. The van der Waals surface area contributed by atoms with E-state index in [0.717, 1.165) is 0 Å². The number of nitrogens with two attached hydrogens (primary N) is 6. The monoisotopic (exact) mass is 1340 g/mol. The van der Waals surface area contributed by atoms with Crippen molar-refractivity contribution in [2.75, 3.05) is 38.5 Å². The number of phenols is 2. The third-order valence-electron chi connectivity index (χ3n) is 13.6. The summed E-state index contributed by atoms with van der Waals surface area (Å²) in [6.45, 7) is 3.80. The first-order valence-corrected chi connectivity index (χ1v) is 30.3. The molecule has 0 aliphatic heterocycles. The van der Waals surface area contributed by atoms with Crippen LogP contribution in [0.15, 0.2) is 58.5 Å². The minimum absolute atomic E-state index is 0.0416. The summed E-state index contributed by atoms with van der Waals surface area (Å²) in [5.41, 5.74) is 34.1. The van der Waals surface area contributed by atoms with Crippen LogP contribution in [0.25, 0.3) is 0 Å². The summed E-state index contributed by atoms with van der Waals surface area (Å²) in [6, 6.07) is -2.91. The number of carboxylic acid groups (broad SMARTS) is 1. The van der Waals surface area contributed by atoms with Crippen LogP contribution in [0.5, 0.6) is 11.5 Å². The molecule has 37 heteroatoms. The summed E-state index contributed by atoms with van der Waals surface area (Å²) in [7, 11) is 0. The molecule has 2 rings (SSSR count). The number of rotatable bonds is 42. The Kier molecular flexibility index (Phi) is 35.3. The fraction of sp³-hybridized carbons (Fsp3) is 0.526. The van der Waals surface area contributed by atoms with Gasteiger partial charge in [-0.1, -0.05) is 38.1 Å². The maximum Gasteiger partial charge on any atom is 0.303 e. The number of phenolic OH excluding ortho intramolecular Hbond substituents is 2. The van der Waals surface area contributed by atoms with Crippen molar-refractivity contribution >= 4 is 101 Å². The van der Waals surface area contributed by atoms with E-state index >= 15 is 0 Å². The SMILES string of the molecule is CC(C)C[C@H](N)C(=O)N[C@@H](Cc1ccc(O)cc1)C(=O)N[C@@H](CCCN=C(N)N)C(=O)N[C@@H](C)C(=O)NCC(=O)NCC(=O)N[C@@H](CS)C(=O)N[C@@H](CCCN=C(N)N)C(=O)N[C@@H](C)C(=O)N[C@@H](CCC(=O)O)C(=O)N[C@@H](Cc1ccc(O)cc1)C(=O)N[C@@H](CO)C(N)=O. The molecule has 0 saturated heterocycles. The number of aromatic hydroxyl groups is 2. The van der Waals surface area contributed by atoms with Gasteiger partial charge in [-0.2, -0.15) is 12.6 Å². The second-order valence-corrected chi connectivity index (χ2v) is 22.4. The van der Waals surface area contributed by atoms with Crippen molar-refractivity contribution < 1.29 is 82.8 Å². The van der Waals surface area contributed by atoms with Crippen molar-refractivity contribution in [2.45, 2.75) is 146 Å². The molecule has 0 fully saturated rings. The van der Waals surface area contributed by atoms with Crippen LogP contribution in [-0.4, -0.2) is 208 Å². The summed E-state index contributed by atoms with van der Waals surface area (Å²) in [6.07, 6.45) is -1.32. The summed E-state index contributed by atoms with van der Waals surface area (Å²) < 4.78 is 0. The van der Waals surface area contributed by atoms with Crippen molar-refractivity contribution in [3.05, 3.63) is 59.7 Å². The maximum atomic E-state index is 13.9. The Morgan fingerprint density at radius 3 is 1.28 bits per heavy atom. The maximum absolute atomic E-state index is 13.9. The van der Waals surface area contributed by atoms with Crippen LogP contribution < -0.4 is 92.9 Å². The average Bonchev–Trinajstić information content (AvgIpc) is 0.916. The van der Waals surface area contributed by atoms with E-state index in [1.54, 1.807) is 0 Å². The highest BCUT2D eigenvalue weighted by atomic mass is 32.1. The Hall–Kier alpha value is -10.0. The third-order valence-corrected chi connectivity index (χ3v) is 13.9. The normalized spacial score (nSPS) is 14.0. The van der Waals surface area contributed by atoms with Gasteiger partial charge in [0, 0.05) is 38.1 Å². The molecule has 0 spiro atoms. The lowest BCUT2D eigenvalue weighted by Crippen LogP contribution is -2.60. The Morgan fingerprint density at radius 2 is 0.851 bits per heavy atom. The molecule has 0 bridgehead atoms. The van der Waals surface area contributed by atoms with E-state index in [1.165, 1.54) is 62.4 Å². The zero-order chi connectivity index (χ0) is 70.8. The van der Waals surface area contributed by atoms with E-state index in [-0.39, 0.29) is 86.7 Å². The van der Waals surface area contributed by atoms with Crippen LogP contribution in [0.4, 0.5) is 0 Å². The van der Waals surface area contributed by atoms with E-state index in [4.69, 9.17) is 34.4 Å². The third kappa shape index (κ3) is 31.3. The van der Waals surface area contributed by atoms with Crippen molar-refractivity contribution in [2.24, 2.45) is 50.3 Å². The number of carboxylic acids is 1. The van der Waals surface area contributed by atoms with Crippen LogP contribution >= 0.6 is 12.6 Å². The molecule has 0 aromatic heterocycles. The predicted octanol–water partition coefficient (Wildman–Crippen LogP) is -7.73. The summed E-state index contributed by atoms with van der Waals surface area (Å²) in [4.78, 5) is 179. The van der Waals surface area contributed by atoms with Crippen molar-refractivity contribution in [1.82, 2.24) is 58.5 Å². The fourth-order valence-corrected chi connectivity index (χ4v) is 8.74. The van der Waals surface area contributed by atoms with Crippen LogP contribution in [-0.2, 0) is 75.2 Å². The number of hydrogen-bond acceptors (Lipinski definition) is 20. The van der Waals surface area contributed by atoms with Gasteiger partial charge < -0.3 is 113 Å². The lowest BCUT2D eigenvalue weighted by Gasteiger charge is -2.26. The van der Waals surface area contributed by atoms with Crippen LogP contribution in [0.1, 0.15) is 83.8 Å². The van der Waals surface area contributed by atoms with Gasteiger partial charge in [-0.15, -0.1) is 0 Å². The number of nitrogens with one attached hydrogen (secondary N) is 11. The van der Waals surface area contributed by atoms with Gasteiger partial charge in [0.05, 0.1) is 25.7 Å². The highest BCUT2D eigenvalue weighted by molar-refractivity contribution is 7.80. The Morgan fingerprint density at radius 1 is 0.468 bits per heavy atom. The van der Waals surface area contributed by atoms with Gasteiger partial charge in [-0.25, -0.2) is 0 Å². The average molecular weight is 1340 g/mol. The number of guanidine groups is 2. The Balaban J connectivity index is 2.16. The number of amides is 12. The summed E-state index contributed by atoms with van der Waals surface area (Å²) in [5, 5.41) is 65.0. The number of aliphatic hydroxyl groups is 1. The van der Waals surface area contributed by atoms with Gasteiger partial charge >= 0.3 is 5.97 Å². The molecule has 27 N–H and O–H groups in total. The Labute approximate surface area is 546 Å².